The molecule has 4 unspecified atom stereocenters. The monoisotopic (exact) mass is 692 g/mol. The standard InChI is InChI=1S/C36H39F3N6O5/c1-21-15-22-17-23(16-21)35(19-22,33(48)49)43-32(47)27-5-6-29(42-31(27)36(37,38)39)28-20-45(13-14-46)30-18-25(3-4-26(28)30)50-24-7-11-44(12-8-24)34-40-9-2-10-41-34/h2-6,9-10,18,20-24,46H,7-8,11-17,19H2,1H3,(H,43,47)(H,48,49). The van der Waals surface area contributed by atoms with Crippen molar-refractivity contribution in [1.29, 1.82) is 0 Å². The van der Waals surface area contributed by atoms with Crippen molar-refractivity contribution in [2.24, 2.45) is 17.8 Å². The van der Waals surface area contributed by atoms with Gasteiger partial charge in [-0.05, 0) is 73.8 Å². The van der Waals surface area contributed by atoms with Gasteiger partial charge in [0.05, 0.1) is 23.4 Å². The molecule has 1 amide bonds. The summed E-state index contributed by atoms with van der Waals surface area (Å²) >= 11 is 0. The number of aliphatic hydroxyl groups is 1. The molecule has 2 bridgehead atoms. The van der Waals surface area contributed by atoms with Gasteiger partial charge in [0.25, 0.3) is 5.91 Å². The second-order valence-electron chi connectivity index (χ2n) is 13.9. The molecule has 2 saturated carbocycles. The number of aliphatic hydroxyl groups excluding tert-OH is 1. The molecule has 1 saturated heterocycles. The summed E-state index contributed by atoms with van der Waals surface area (Å²) in [5, 5.41) is 23.2. The molecule has 50 heavy (non-hydrogen) atoms. The van der Waals surface area contributed by atoms with Crippen LogP contribution >= 0.6 is 0 Å². The zero-order valence-electron chi connectivity index (χ0n) is 27.6. The lowest BCUT2D eigenvalue weighted by Crippen LogP contribution is -2.57. The number of benzene rings is 1. The Balaban J connectivity index is 1.15. The van der Waals surface area contributed by atoms with Crippen molar-refractivity contribution in [2.75, 3.05) is 24.6 Å². The number of nitrogens with zero attached hydrogens (tertiary/aromatic N) is 5. The normalized spacial score (nSPS) is 24.0. The lowest BCUT2D eigenvalue weighted by Gasteiger charge is -2.33. The third-order valence-electron chi connectivity index (χ3n) is 10.5. The third kappa shape index (κ3) is 6.36. The van der Waals surface area contributed by atoms with Gasteiger partial charge < -0.3 is 29.7 Å². The van der Waals surface area contributed by atoms with Crippen molar-refractivity contribution in [2.45, 2.75) is 69.8 Å². The summed E-state index contributed by atoms with van der Waals surface area (Å²) in [7, 11) is 0. The highest BCUT2D eigenvalue weighted by Crippen LogP contribution is 2.51. The SMILES string of the molecule is CC1CC2CC(C1)C(NC(=O)c1ccc(-c3cn(CCO)c4cc(OC5CCN(c6ncccn6)CC5)ccc34)nc1C(F)(F)F)(C(=O)O)C2. The number of anilines is 1. The number of alkyl halides is 3. The number of carboxylic acids is 1. The van der Waals surface area contributed by atoms with Gasteiger partial charge in [0.2, 0.25) is 5.95 Å². The molecule has 2 aliphatic carbocycles. The number of nitrogens with one attached hydrogen (secondary N) is 1. The third-order valence-corrected chi connectivity index (χ3v) is 10.5. The van der Waals surface area contributed by atoms with E-state index in [9.17, 15) is 33.0 Å². The molecule has 3 fully saturated rings. The van der Waals surface area contributed by atoms with Gasteiger partial charge in [-0.15, -0.1) is 0 Å². The highest BCUT2D eigenvalue weighted by atomic mass is 19.4. The second-order valence-corrected chi connectivity index (χ2v) is 13.9. The Morgan fingerprint density at radius 2 is 1.84 bits per heavy atom. The maximum atomic E-state index is 14.6. The van der Waals surface area contributed by atoms with Gasteiger partial charge in [-0.1, -0.05) is 6.92 Å². The van der Waals surface area contributed by atoms with Crippen molar-refractivity contribution in [3.63, 3.8) is 0 Å². The van der Waals surface area contributed by atoms with E-state index in [1.54, 1.807) is 47.4 Å². The van der Waals surface area contributed by atoms with E-state index in [1.807, 2.05) is 6.92 Å². The number of piperidine rings is 1. The Bertz CT molecular complexity index is 1890. The molecule has 4 aromatic rings. The topological polar surface area (TPSA) is 143 Å². The van der Waals surface area contributed by atoms with Crippen LogP contribution in [0.5, 0.6) is 5.75 Å². The summed E-state index contributed by atoms with van der Waals surface area (Å²) in [5.41, 5.74) is -2.73. The van der Waals surface area contributed by atoms with Crippen LogP contribution in [0.4, 0.5) is 19.1 Å². The van der Waals surface area contributed by atoms with E-state index in [4.69, 9.17) is 4.74 Å². The molecule has 4 heterocycles. The fourth-order valence-electron chi connectivity index (χ4n) is 8.35. The van der Waals surface area contributed by atoms with Crippen molar-refractivity contribution in [3.8, 4) is 17.0 Å². The summed E-state index contributed by atoms with van der Waals surface area (Å²) in [6.45, 7) is 3.45. The van der Waals surface area contributed by atoms with Crippen molar-refractivity contribution < 1.29 is 37.7 Å². The van der Waals surface area contributed by atoms with Crippen LogP contribution in [-0.4, -0.2) is 72.9 Å². The van der Waals surface area contributed by atoms with Gasteiger partial charge in [-0.25, -0.2) is 19.7 Å². The molecule has 0 spiro atoms. The fourth-order valence-corrected chi connectivity index (χ4v) is 8.35. The number of pyridine rings is 1. The number of aromatic nitrogens is 4. The molecule has 3 aliphatic rings. The maximum absolute atomic E-state index is 14.6. The minimum absolute atomic E-state index is 0.0155. The predicted molar refractivity (Wildman–Crippen MR) is 178 cm³/mol. The van der Waals surface area contributed by atoms with Crippen molar-refractivity contribution >= 4 is 28.7 Å². The Kier molecular flexibility index (Phi) is 8.91. The van der Waals surface area contributed by atoms with Crippen LogP contribution < -0.4 is 15.0 Å². The molecular formula is C36H39F3N6O5. The number of ether oxygens (including phenoxy) is 1. The molecule has 14 heteroatoms. The number of carboxylic acid groups (broad SMARTS) is 1. The molecule has 1 aliphatic heterocycles. The Labute approximate surface area is 286 Å². The van der Waals surface area contributed by atoms with Crippen molar-refractivity contribution in [3.05, 3.63) is 66.2 Å². The Morgan fingerprint density at radius 1 is 1.08 bits per heavy atom. The number of fused-ring (bicyclic) bond motifs is 3. The van der Waals surface area contributed by atoms with E-state index < -0.39 is 34.8 Å². The summed E-state index contributed by atoms with van der Waals surface area (Å²) in [4.78, 5) is 40.8. The van der Waals surface area contributed by atoms with Gasteiger partial charge in [0.1, 0.15) is 17.4 Å². The zero-order valence-corrected chi connectivity index (χ0v) is 27.6. The van der Waals surface area contributed by atoms with Crippen LogP contribution in [0.25, 0.3) is 22.2 Å². The van der Waals surface area contributed by atoms with Gasteiger partial charge in [0, 0.05) is 68.1 Å². The average molecular weight is 693 g/mol. The molecule has 3 aromatic heterocycles. The number of rotatable bonds is 9. The van der Waals surface area contributed by atoms with Crippen LogP contribution in [-0.2, 0) is 17.5 Å². The van der Waals surface area contributed by atoms with Crippen LogP contribution in [0.3, 0.4) is 0 Å². The molecule has 0 radical (unpaired) electrons. The first-order valence-electron chi connectivity index (χ1n) is 17.0. The first-order valence-corrected chi connectivity index (χ1v) is 17.0. The lowest BCUT2D eigenvalue weighted by atomic mass is 9.78. The second kappa shape index (κ2) is 13.2. The van der Waals surface area contributed by atoms with Crippen LogP contribution in [0.1, 0.15) is 61.5 Å². The minimum Gasteiger partial charge on any atom is -0.490 e. The number of carbonyl (C=O) groups is 2. The summed E-state index contributed by atoms with van der Waals surface area (Å²) in [6.07, 6.45) is 3.70. The summed E-state index contributed by atoms with van der Waals surface area (Å²) < 4.78 is 51.7. The van der Waals surface area contributed by atoms with E-state index in [1.165, 1.54) is 6.07 Å². The largest absolute Gasteiger partial charge is 0.490 e. The zero-order chi connectivity index (χ0) is 35.2. The molecule has 7 rings (SSSR count). The maximum Gasteiger partial charge on any atom is 0.434 e. The molecule has 264 valence electrons. The molecular weight excluding hydrogens is 653 g/mol. The number of hydrogen-bond acceptors (Lipinski definition) is 8. The predicted octanol–water partition coefficient (Wildman–Crippen LogP) is 5.56. The van der Waals surface area contributed by atoms with E-state index in [0.717, 1.165) is 38.4 Å². The summed E-state index contributed by atoms with van der Waals surface area (Å²) in [5.74, 6) is -1.07. The van der Waals surface area contributed by atoms with Crippen LogP contribution in [0.2, 0.25) is 0 Å². The number of carbonyl (C=O) groups excluding carboxylic acids is 1. The highest BCUT2D eigenvalue weighted by molar-refractivity contribution is 6.00. The Morgan fingerprint density at radius 3 is 2.54 bits per heavy atom. The number of amides is 1. The summed E-state index contributed by atoms with van der Waals surface area (Å²) in [6, 6.07) is 9.51. The smallest absolute Gasteiger partial charge is 0.434 e. The van der Waals surface area contributed by atoms with Gasteiger partial charge in [-0.2, -0.15) is 13.2 Å². The van der Waals surface area contributed by atoms with E-state index in [2.05, 4.69) is 25.2 Å². The highest BCUT2D eigenvalue weighted by Gasteiger charge is 2.56. The van der Waals surface area contributed by atoms with Gasteiger partial charge >= 0.3 is 12.1 Å². The molecule has 11 nitrogen and oxygen atoms in total. The lowest BCUT2D eigenvalue weighted by molar-refractivity contribution is -0.146. The average Bonchev–Trinajstić information content (AvgIpc) is 3.58. The van der Waals surface area contributed by atoms with E-state index >= 15 is 0 Å². The van der Waals surface area contributed by atoms with Crippen molar-refractivity contribution in [1.82, 2.24) is 24.8 Å². The van der Waals surface area contributed by atoms with Crippen LogP contribution in [0, 0.1) is 17.8 Å². The van der Waals surface area contributed by atoms with Gasteiger partial charge in [0.15, 0.2) is 5.69 Å². The quantitative estimate of drug-likeness (QED) is 0.206. The number of aliphatic carboxylic acids is 1. The van der Waals surface area contributed by atoms with E-state index in [0.29, 0.717) is 41.0 Å². The minimum atomic E-state index is -4.99. The van der Waals surface area contributed by atoms with Crippen LogP contribution in [0.15, 0.2) is 55.0 Å². The number of hydrogen-bond donors (Lipinski definition) is 3. The van der Waals surface area contributed by atoms with Gasteiger partial charge in [-0.3, -0.25) is 4.79 Å². The first-order chi connectivity index (χ1) is 23.9. The number of halogens is 3. The van der Waals surface area contributed by atoms with E-state index in [-0.39, 0.29) is 49.1 Å². The molecule has 3 N–H and O–H groups in total. The Hall–Kier alpha value is -4.72. The molecule has 4 atom stereocenters. The molecule has 1 aromatic carbocycles. The fraction of sp³-hybridized carbons (Fsp3) is 0.472. The first kappa shape index (κ1) is 33.8.